The largest absolute Gasteiger partial charge is 0.444 e. The van der Waals surface area contributed by atoms with E-state index in [9.17, 15) is 9.59 Å². The van der Waals surface area contributed by atoms with Crippen LogP contribution in [-0.2, 0) is 14.3 Å². The molecule has 2 atom stereocenters. The van der Waals surface area contributed by atoms with Crippen LogP contribution in [0, 0.1) is 0 Å². The number of nitrogens with zero attached hydrogens (tertiary/aromatic N) is 1. The van der Waals surface area contributed by atoms with E-state index in [1.807, 2.05) is 0 Å². The van der Waals surface area contributed by atoms with Crippen LogP contribution in [-0.4, -0.2) is 48.8 Å². The monoisotopic (exact) mass is 228 g/mol. The highest BCUT2D eigenvalue weighted by molar-refractivity contribution is 5.78. The number of hydrogen-bond donors (Lipinski definition) is 1. The minimum absolute atomic E-state index is 0.105. The molecule has 2 saturated heterocycles. The van der Waals surface area contributed by atoms with E-state index in [0.717, 1.165) is 6.42 Å². The lowest BCUT2D eigenvalue weighted by Crippen LogP contribution is -2.52. The average Bonchev–Trinajstić information content (AvgIpc) is 2.64. The lowest BCUT2D eigenvalue weighted by molar-refractivity contribution is -0.137. The van der Waals surface area contributed by atoms with Gasteiger partial charge in [0.15, 0.2) is 0 Å². The Kier molecular flexibility index (Phi) is 3.28. The average molecular weight is 228 g/mol. The number of hydrogen-bond acceptors (Lipinski definition) is 4. The third-order valence-electron chi connectivity index (χ3n) is 3.04. The first-order chi connectivity index (χ1) is 7.68. The van der Waals surface area contributed by atoms with Crippen LogP contribution in [0.2, 0.25) is 0 Å². The van der Waals surface area contributed by atoms with Crippen LogP contribution < -0.4 is 5.73 Å². The highest BCUT2D eigenvalue weighted by atomic mass is 16.6. The topological polar surface area (TPSA) is 81.9 Å². The second-order valence-electron chi connectivity index (χ2n) is 4.10. The molecule has 2 amide bonds. The molecule has 2 rings (SSSR count). The first-order valence-electron chi connectivity index (χ1n) is 5.52. The van der Waals surface area contributed by atoms with Crippen molar-refractivity contribution < 1.29 is 19.1 Å². The molecule has 0 radical (unpaired) electrons. The van der Waals surface area contributed by atoms with Crippen LogP contribution in [0.3, 0.4) is 0 Å². The predicted molar refractivity (Wildman–Crippen MR) is 54.6 cm³/mol. The molecule has 2 N–H and O–H groups in total. The molecule has 90 valence electrons. The summed E-state index contributed by atoms with van der Waals surface area (Å²) in [7, 11) is 0. The summed E-state index contributed by atoms with van der Waals surface area (Å²) in [6, 6.07) is -0.170. The smallest absolute Gasteiger partial charge is 0.404 e. The van der Waals surface area contributed by atoms with E-state index in [0.29, 0.717) is 32.6 Å². The molecule has 2 aliphatic rings. The molecule has 0 aromatic heterocycles. The molecule has 6 heteroatoms. The quantitative estimate of drug-likeness (QED) is 0.713. The highest BCUT2D eigenvalue weighted by Crippen LogP contribution is 2.22. The molecule has 6 nitrogen and oxygen atoms in total. The third-order valence-corrected chi connectivity index (χ3v) is 3.04. The number of amides is 2. The number of nitrogens with two attached hydrogens (primary N) is 1. The number of primary amides is 1. The molecule has 2 aliphatic heterocycles. The second kappa shape index (κ2) is 4.69. The molecule has 2 heterocycles. The first kappa shape index (κ1) is 11.2. The van der Waals surface area contributed by atoms with E-state index in [4.69, 9.17) is 15.2 Å². The lowest BCUT2D eigenvalue weighted by Gasteiger charge is -2.36. The molecule has 2 fully saturated rings. The van der Waals surface area contributed by atoms with Gasteiger partial charge in [0.05, 0.1) is 19.3 Å². The van der Waals surface area contributed by atoms with Crippen LogP contribution in [0.4, 0.5) is 4.79 Å². The normalized spacial score (nSPS) is 30.5. The number of carbonyl (C=O) groups is 2. The SMILES string of the molecule is NC(=O)O[C@@H]1CCOC[C@@H]1N1CCCC1=O. The molecule has 16 heavy (non-hydrogen) atoms. The Hall–Kier alpha value is -1.30. The minimum Gasteiger partial charge on any atom is -0.444 e. The molecule has 0 aliphatic carbocycles. The second-order valence-corrected chi connectivity index (χ2v) is 4.10. The lowest BCUT2D eigenvalue weighted by atomic mass is 10.1. The van der Waals surface area contributed by atoms with Crippen molar-refractivity contribution in [1.82, 2.24) is 4.90 Å². The summed E-state index contributed by atoms with van der Waals surface area (Å²) in [6.07, 6.45) is 0.910. The Balaban J connectivity index is 2.03. The first-order valence-corrected chi connectivity index (χ1v) is 5.52. The molecule has 0 saturated carbocycles. The minimum atomic E-state index is -0.788. The van der Waals surface area contributed by atoms with E-state index in [-0.39, 0.29) is 18.1 Å². The van der Waals surface area contributed by atoms with Gasteiger partial charge in [-0.3, -0.25) is 4.79 Å². The number of ether oxygens (including phenoxy) is 2. The molecule has 0 unspecified atom stereocenters. The van der Waals surface area contributed by atoms with Crippen molar-refractivity contribution >= 4 is 12.0 Å². The van der Waals surface area contributed by atoms with Crippen molar-refractivity contribution in [2.75, 3.05) is 19.8 Å². The van der Waals surface area contributed by atoms with Gasteiger partial charge in [0, 0.05) is 19.4 Å². The van der Waals surface area contributed by atoms with Crippen LogP contribution in [0.5, 0.6) is 0 Å². The Morgan fingerprint density at radius 1 is 1.56 bits per heavy atom. The van der Waals surface area contributed by atoms with Crippen molar-refractivity contribution in [3.05, 3.63) is 0 Å². The zero-order valence-electron chi connectivity index (χ0n) is 9.05. The van der Waals surface area contributed by atoms with E-state index in [1.54, 1.807) is 4.90 Å². The summed E-state index contributed by atoms with van der Waals surface area (Å²) in [5.74, 6) is 0.105. The van der Waals surface area contributed by atoms with Gasteiger partial charge in [-0.1, -0.05) is 0 Å². The summed E-state index contributed by atoms with van der Waals surface area (Å²) in [4.78, 5) is 24.1. The van der Waals surface area contributed by atoms with Gasteiger partial charge in [-0.05, 0) is 6.42 Å². The van der Waals surface area contributed by atoms with E-state index < -0.39 is 6.09 Å². The fourth-order valence-electron chi connectivity index (χ4n) is 2.30. The van der Waals surface area contributed by atoms with Gasteiger partial charge in [-0.2, -0.15) is 0 Å². The predicted octanol–water partition coefficient (Wildman–Crippen LogP) is -0.138. The van der Waals surface area contributed by atoms with Gasteiger partial charge >= 0.3 is 6.09 Å². The summed E-state index contributed by atoms with van der Waals surface area (Å²) in [6.45, 7) is 1.67. The molecule has 0 aromatic carbocycles. The van der Waals surface area contributed by atoms with Crippen LogP contribution in [0.15, 0.2) is 0 Å². The standard InChI is InChI=1S/C10H16N2O4/c11-10(14)16-8-3-5-15-6-7(8)12-4-1-2-9(12)13/h7-8H,1-6H2,(H2,11,14)/t7-,8+/m0/s1. The maximum Gasteiger partial charge on any atom is 0.404 e. The van der Waals surface area contributed by atoms with Gasteiger partial charge in [0.2, 0.25) is 5.91 Å². The Morgan fingerprint density at radius 3 is 3.00 bits per heavy atom. The maximum atomic E-state index is 11.6. The zero-order valence-corrected chi connectivity index (χ0v) is 9.05. The maximum absolute atomic E-state index is 11.6. The summed E-state index contributed by atoms with van der Waals surface area (Å²) in [5, 5.41) is 0. The zero-order chi connectivity index (χ0) is 11.5. The van der Waals surface area contributed by atoms with Crippen molar-refractivity contribution in [3.8, 4) is 0 Å². The van der Waals surface area contributed by atoms with Crippen LogP contribution in [0.25, 0.3) is 0 Å². The van der Waals surface area contributed by atoms with Crippen LogP contribution >= 0.6 is 0 Å². The fourth-order valence-corrected chi connectivity index (χ4v) is 2.30. The number of likely N-dealkylation sites (tertiary alicyclic amines) is 1. The van der Waals surface area contributed by atoms with Gasteiger partial charge in [-0.25, -0.2) is 4.79 Å². The Morgan fingerprint density at radius 2 is 2.38 bits per heavy atom. The summed E-state index contributed by atoms with van der Waals surface area (Å²) < 4.78 is 10.4. The fraction of sp³-hybridized carbons (Fsp3) is 0.800. The van der Waals surface area contributed by atoms with E-state index >= 15 is 0 Å². The van der Waals surface area contributed by atoms with Crippen molar-refractivity contribution in [3.63, 3.8) is 0 Å². The number of rotatable bonds is 2. The van der Waals surface area contributed by atoms with Crippen molar-refractivity contribution in [2.24, 2.45) is 5.73 Å². The number of carbonyl (C=O) groups excluding carboxylic acids is 2. The van der Waals surface area contributed by atoms with E-state index in [1.165, 1.54) is 0 Å². The van der Waals surface area contributed by atoms with Crippen molar-refractivity contribution in [2.45, 2.75) is 31.4 Å². The molecular weight excluding hydrogens is 212 g/mol. The molecule has 0 aromatic rings. The Bertz CT molecular complexity index is 295. The van der Waals surface area contributed by atoms with Crippen molar-refractivity contribution in [1.29, 1.82) is 0 Å². The highest BCUT2D eigenvalue weighted by Gasteiger charge is 2.37. The molecular formula is C10H16N2O4. The van der Waals surface area contributed by atoms with Gasteiger partial charge in [0.25, 0.3) is 0 Å². The van der Waals surface area contributed by atoms with Crippen LogP contribution in [0.1, 0.15) is 19.3 Å². The Labute approximate surface area is 93.7 Å². The third kappa shape index (κ3) is 2.27. The summed E-state index contributed by atoms with van der Waals surface area (Å²) >= 11 is 0. The molecule has 0 spiro atoms. The van der Waals surface area contributed by atoms with E-state index in [2.05, 4.69) is 0 Å². The van der Waals surface area contributed by atoms with Gasteiger partial charge in [-0.15, -0.1) is 0 Å². The van der Waals surface area contributed by atoms with Gasteiger partial charge in [0.1, 0.15) is 6.10 Å². The van der Waals surface area contributed by atoms with Gasteiger partial charge < -0.3 is 20.1 Å². The summed E-state index contributed by atoms with van der Waals surface area (Å²) in [5.41, 5.74) is 5.01. The molecule has 0 bridgehead atoms.